The molecule has 0 aromatic rings. The molecule has 58 valence electrons. The average molecular weight is 142 g/mol. The predicted molar refractivity (Wildman–Crippen MR) is 38.8 cm³/mol. The fraction of sp³-hybridized carbons (Fsp3) is 0.875. The van der Waals surface area contributed by atoms with Gasteiger partial charge in [-0.2, -0.15) is 0 Å². The van der Waals surface area contributed by atoms with Crippen molar-refractivity contribution in [3.05, 3.63) is 0 Å². The normalized spacial score (nSPS) is 38.8. The molecule has 0 saturated heterocycles. The van der Waals surface area contributed by atoms with Crippen LogP contribution in [0.3, 0.4) is 0 Å². The number of hydrogen-bond donors (Lipinski definition) is 1. The van der Waals surface area contributed by atoms with E-state index in [9.17, 15) is 4.79 Å². The van der Waals surface area contributed by atoms with Gasteiger partial charge in [0.2, 0.25) is 0 Å². The van der Waals surface area contributed by atoms with Gasteiger partial charge in [0.15, 0.2) is 0 Å². The molecule has 1 N–H and O–H groups in total. The third kappa shape index (κ3) is 1.49. The van der Waals surface area contributed by atoms with E-state index in [1.807, 2.05) is 0 Å². The molecule has 0 atom stereocenters. The highest BCUT2D eigenvalue weighted by Gasteiger charge is 2.38. The highest BCUT2D eigenvalue weighted by Crippen LogP contribution is 2.47. The van der Waals surface area contributed by atoms with Crippen molar-refractivity contribution in [2.75, 3.05) is 0 Å². The first-order valence-corrected chi connectivity index (χ1v) is 3.74. The van der Waals surface area contributed by atoms with Gasteiger partial charge in [-0.25, -0.2) is 0 Å². The Morgan fingerprint density at radius 1 is 1.70 bits per heavy atom. The average Bonchev–Trinajstić information content (AvgIpc) is 1.57. The lowest BCUT2D eigenvalue weighted by Crippen LogP contribution is -2.34. The Bertz CT molecular complexity index is 145. The molecule has 0 aromatic heterocycles. The largest absolute Gasteiger partial charge is 0.481 e. The van der Waals surface area contributed by atoms with Gasteiger partial charge in [-0.15, -0.1) is 0 Å². The van der Waals surface area contributed by atoms with E-state index in [0.29, 0.717) is 6.42 Å². The summed E-state index contributed by atoms with van der Waals surface area (Å²) in [6.07, 6.45) is 2.51. The Morgan fingerprint density at radius 3 is 2.50 bits per heavy atom. The minimum absolute atomic E-state index is 0.116. The zero-order valence-electron chi connectivity index (χ0n) is 6.55. The number of rotatable bonds is 2. The lowest BCUT2D eigenvalue weighted by molar-refractivity contribution is -0.141. The van der Waals surface area contributed by atoms with Crippen LogP contribution in [0.5, 0.6) is 0 Å². The second-order valence-corrected chi connectivity index (χ2v) is 3.89. The van der Waals surface area contributed by atoms with E-state index in [1.165, 1.54) is 0 Å². The fourth-order valence-corrected chi connectivity index (χ4v) is 2.13. The minimum atomic E-state index is -0.658. The molecule has 2 nitrogen and oxygen atoms in total. The summed E-state index contributed by atoms with van der Waals surface area (Å²) in [6.45, 7) is 4.23. The third-order valence-electron chi connectivity index (χ3n) is 2.26. The Labute approximate surface area is 61.2 Å². The van der Waals surface area contributed by atoms with Crippen LogP contribution in [0.4, 0.5) is 0 Å². The molecule has 0 aromatic carbocycles. The van der Waals surface area contributed by atoms with Crippen LogP contribution in [0.1, 0.15) is 33.1 Å². The standard InChI is InChI=1S/C8H14O2/c1-6-3-8(2,4-6)5-7(9)10/h6H,3-5H2,1-2H3,(H,9,10). The number of aliphatic carboxylic acids is 1. The Kier molecular flexibility index (Phi) is 1.71. The van der Waals surface area contributed by atoms with Crippen LogP contribution in [0.15, 0.2) is 0 Å². The minimum Gasteiger partial charge on any atom is -0.481 e. The van der Waals surface area contributed by atoms with Crippen molar-refractivity contribution in [3.8, 4) is 0 Å². The molecule has 1 fully saturated rings. The summed E-state index contributed by atoms with van der Waals surface area (Å²) in [5, 5.41) is 8.50. The molecule has 0 heterocycles. The lowest BCUT2D eigenvalue weighted by atomic mass is 9.62. The fourth-order valence-electron chi connectivity index (χ4n) is 2.13. The summed E-state index contributed by atoms with van der Waals surface area (Å²) < 4.78 is 0. The molecular formula is C8H14O2. The lowest BCUT2D eigenvalue weighted by Gasteiger charge is -2.42. The second kappa shape index (κ2) is 2.26. The summed E-state index contributed by atoms with van der Waals surface area (Å²) in [5.41, 5.74) is 0.116. The zero-order valence-corrected chi connectivity index (χ0v) is 6.55. The molecule has 0 unspecified atom stereocenters. The Morgan fingerprint density at radius 2 is 2.20 bits per heavy atom. The van der Waals surface area contributed by atoms with Gasteiger partial charge in [0.1, 0.15) is 0 Å². The zero-order chi connectivity index (χ0) is 7.78. The van der Waals surface area contributed by atoms with Gasteiger partial charge in [-0.3, -0.25) is 4.79 Å². The number of carboxylic acid groups (broad SMARTS) is 1. The third-order valence-corrected chi connectivity index (χ3v) is 2.26. The molecule has 1 rings (SSSR count). The first-order chi connectivity index (χ1) is 4.52. The molecule has 0 spiro atoms. The molecule has 2 heteroatoms. The molecule has 1 aliphatic rings. The predicted octanol–water partition coefficient (Wildman–Crippen LogP) is 1.90. The van der Waals surface area contributed by atoms with Crippen LogP contribution in [0, 0.1) is 11.3 Å². The summed E-state index contributed by atoms with van der Waals surface area (Å²) in [5.74, 6) is 0.0822. The summed E-state index contributed by atoms with van der Waals surface area (Å²) in [6, 6.07) is 0. The highest BCUT2D eigenvalue weighted by molar-refractivity contribution is 5.67. The van der Waals surface area contributed by atoms with Crippen LogP contribution in [-0.4, -0.2) is 11.1 Å². The van der Waals surface area contributed by atoms with Gasteiger partial charge in [0.25, 0.3) is 0 Å². The molecule has 10 heavy (non-hydrogen) atoms. The van der Waals surface area contributed by atoms with Crippen molar-refractivity contribution in [3.63, 3.8) is 0 Å². The molecule has 1 saturated carbocycles. The molecule has 0 aliphatic heterocycles. The smallest absolute Gasteiger partial charge is 0.303 e. The van der Waals surface area contributed by atoms with Crippen LogP contribution in [-0.2, 0) is 4.79 Å². The molecule has 0 bridgehead atoms. The van der Waals surface area contributed by atoms with Crippen LogP contribution in [0.2, 0.25) is 0 Å². The van der Waals surface area contributed by atoms with Crippen molar-refractivity contribution in [1.29, 1.82) is 0 Å². The van der Waals surface area contributed by atoms with Crippen molar-refractivity contribution in [2.24, 2.45) is 11.3 Å². The van der Waals surface area contributed by atoms with E-state index in [-0.39, 0.29) is 5.41 Å². The second-order valence-electron chi connectivity index (χ2n) is 3.89. The number of carbonyl (C=O) groups is 1. The van der Waals surface area contributed by atoms with E-state index < -0.39 is 5.97 Å². The molecular weight excluding hydrogens is 128 g/mol. The maximum Gasteiger partial charge on any atom is 0.303 e. The topological polar surface area (TPSA) is 37.3 Å². The Balaban J connectivity index is 2.34. The van der Waals surface area contributed by atoms with Gasteiger partial charge in [0, 0.05) is 0 Å². The summed E-state index contributed by atoms with van der Waals surface area (Å²) in [7, 11) is 0. The Hall–Kier alpha value is -0.530. The number of hydrogen-bond acceptors (Lipinski definition) is 1. The highest BCUT2D eigenvalue weighted by atomic mass is 16.4. The van der Waals surface area contributed by atoms with E-state index >= 15 is 0 Å². The van der Waals surface area contributed by atoms with E-state index in [4.69, 9.17) is 5.11 Å². The summed E-state index contributed by atoms with van der Waals surface area (Å²) >= 11 is 0. The van der Waals surface area contributed by atoms with Gasteiger partial charge >= 0.3 is 5.97 Å². The van der Waals surface area contributed by atoms with Crippen molar-refractivity contribution >= 4 is 5.97 Å². The molecule has 0 amide bonds. The van der Waals surface area contributed by atoms with E-state index in [1.54, 1.807) is 0 Å². The van der Waals surface area contributed by atoms with Gasteiger partial charge in [0.05, 0.1) is 6.42 Å². The van der Waals surface area contributed by atoms with Crippen molar-refractivity contribution in [1.82, 2.24) is 0 Å². The van der Waals surface area contributed by atoms with Gasteiger partial charge in [-0.05, 0) is 24.2 Å². The van der Waals surface area contributed by atoms with E-state index in [0.717, 1.165) is 18.8 Å². The van der Waals surface area contributed by atoms with Gasteiger partial charge in [-0.1, -0.05) is 13.8 Å². The molecule has 1 aliphatic carbocycles. The summed E-state index contributed by atoms with van der Waals surface area (Å²) in [4.78, 5) is 10.3. The maximum absolute atomic E-state index is 10.3. The SMILES string of the molecule is CC1CC(C)(CC(=O)O)C1. The van der Waals surface area contributed by atoms with Crippen molar-refractivity contribution in [2.45, 2.75) is 33.1 Å². The molecule has 0 radical (unpaired) electrons. The maximum atomic E-state index is 10.3. The van der Waals surface area contributed by atoms with Crippen molar-refractivity contribution < 1.29 is 9.90 Å². The monoisotopic (exact) mass is 142 g/mol. The van der Waals surface area contributed by atoms with Crippen LogP contribution >= 0.6 is 0 Å². The first-order valence-electron chi connectivity index (χ1n) is 3.74. The van der Waals surface area contributed by atoms with Gasteiger partial charge < -0.3 is 5.11 Å². The van der Waals surface area contributed by atoms with Crippen LogP contribution in [0.25, 0.3) is 0 Å². The number of carboxylic acids is 1. The van der Waals surface area contributed by atoms with E-state index in [2.05, 4.69) is 13.8 Å². The quantitative estimate of drug-likeness (QED) is 0.639. The van der Waals surface area contributed by atoms with Crippen LogP contribution < -0.4 is 0 Å². The first kappa shape index (κ1) is 7.58.